The van der Waals surface area contributed by atoms with Crippen LogP contribution in [0.4, 0.5) is 13.2 Å². The van der Waals surface area contributed by atoms with E-state index in [2.05, 4.69) is 6.58 Å². The fraction of sp³-hybridized carbons (Fsp3) is 0.111. The van der Waals surface area contributed by atoms with E-state index in [9.17, 15) is 13.2 Å². The predicted molar refractivity (Wildman–Crippen MR) is 79.8 cm³/mol. The average molecular weight is 286 g/mol. The lowest BCUT2D eigenvalue weighted by Gasteiger charge is -2.08. The first-order chi connectivity index (χ1) is 10.1. The van der Waals surface area contributed by atoms with Crippen LogP contribution in [0.25, 0.3) is 21.5 Å². The third-order valence-electron chi connectivity index (χ3n) is 3.67. The monoisotopic (exact) mass is 286 g/mol. The molecule has 0 N–H and O–H groups in total. The van der Waals surface area contributed by atoms with Crippen molar-refractivity contribution in [3.63, 3.8) is 0 Å². The van der Waals surface area contributed by atoms with E-state index in [1.54, 1.807) is 6.07 Å². The van der Waals surface area contributed by atoms with Crippen LogP contribution in [0.15, 0.2) is 49.1 Å². The zero-order chi connectivity index (χ0) is 15.0. The first-order valence-electron chi connectivity index (χ1n) is 6.71. The van der Waals surface area contributed by atoms with Gasteiger partial charge in [-0.25, -0.2) is 13.2 Å². The van der Waals surface area contributed by atoms with Crippen LogP contribution in [0.2, 0.25) is 0 Å². The summed E-state index contributed by atoms with van der Waals surface area (Å²) in [5.74, 6) is -3.73. The van der Waals surface area contributed by atoms with Crippen molar-refractivity contribution in [3.05, 3.63) is 72.1 Å². The minimum Gasteiger partial charge on any atom is -0.204 e. The summed E-state index contributed by atoms with van der Waals surface area (Å²) >= 11 is 0. The lowest BCUT2D eigenvalue weighted by molar-refractivity contribution is 0.453. The third kappa shape index (κ3) is 2.29. The van der Waals surface area contributed by atoms with Crippen molar-refractivity contribution in [1.82, 2.24) is 0 Å². The first-order valence-corrected chi connectivity index (χ1v) is 6.71. The molecule has 106 valence electrons. The maximum atomic E-state index is 13.8. The normalized spacial score (nSPS) is 11.2. The second kappa shape index (κ2) is 5.24. The molecule has 21 heavy (non-hydrogen) atoms. The van der Waals surface area contributed by atoms with E-state index in [-0.39, 0.29) is 5.39 Å². The number of halogens is 3. The van der Waals surface area contributed by atoms with Crippen molar-refractivity contribution in [1.29, 1.82) is 0 Å². The highest BCUT2D eigenvalue weighted by Crippen LogP contribution is 2.30. The topological polar surface area (TPSA) is 0 Å². The lowest BCUT2D eigenvalue weighted by Crippen LogP contribution is -1.93. The molecule has 0 saturated carbocycles. The molecule has 0 unspecified atom stereocenters. The highest BCUT2D eigenvalue weighted by atomic mass is 19.2. The molecule has 0 bridgehead atoms. The third-order valence-corrected chi connectivity index (χ3v) is 3.67. The fourth-order valence-corrected chi connectivity index (χ4v) is 2.59. The first kappa shape index (κ1) is 13.7. The molecule has 3 heteroatoms. The van der Waals surface area contributed by atoms with Gasteiger partial charge in [0.1, 0.15) is 0 Å². The average Bonchev–Trinajstić information content (AvgIpc) is 2.50. The summed E-state index contributed by atoms with van der Waals surface area (Å²) < 4.78 is 40.6. The van der Waals surface area contributed by atoms with Gasteiger partial charge in [-0.2, -0.15) is 0 Å². The number of fused-ring (bicyclic) bond motifs is 3. The number of allylic oxidation sites excluding steroid dienone is 1. The van der Waals surface area contributed by atoms with Gasteiger partial charge in [0, 0.05) is 5.39 Å². The van der Waals surface area contributed by atoms with Crippen molar-refractivity contribution in [2.75, 3.05) is 0 Å². The Morgan fingerprint density at radius 2 is 1.62 bits per heavy atom. The molecule has 0 spiro atoms. The van der Waals surface area contributed by atoms with Gasteiger partial charge < -0.3 is 0 Å². The van der Waals surface area contributed by atoms with E-state index in [1.807, 2.05) is 24.3 Å². The Morgan fingerprint density at radius 1 is 0.857 bits per heavy atom. The van der Waals surface area contributed by atoms with Gasteiger partial charge in [-0.1, -0.05) is 36.4 Å². The maximum absolute atomic E-state index is 13.8. The summed E-state index contributed by atoms with van der Waals surface area (Å²) in [4.78, 5) is 0. The Hall–Kier alpha value is -2.29. The molecule has 3 aromatic rings. The molecule has 0 aliphatic rings. The highest BCUT2D eigenvalue weighted by Gasteiger charge is 2.14. The van der Waals surface area contributed by atoms with Crippen LogP contribution in [0.3, 0.4) is 0 Å². The summed E-state index contributed by atoms with van der Waals surface area (Å²) in [5.41, 5.74) is 1.13. The molecule has 0 saturated heterocycles. The Labute approximate surface area is 120 Å². The van der Waals surface area contributed by atoms with E-state index in [4.69, 9.17) is 0 Å². The number of rotatable bonds is 3. The predicted octanol–water partition coefficient (Wildman–Crippen LogP) is 5.53. The summed E-state index contributed by atoms with van der Waals surface area (Å²) in [6.45, 7) is 3.69. The van der Waals surface area contributed by atoms with Gasteiger partial charge in [0.15, 0.2) is 17.5 Å². The van der Waals surface area contributed by atoms with E-state index < -0.39 is 17.5 Å². The van der Waals surface area contributed by atoms with Crippen molar-refractivity contribution in [2.24, 2.45) is 0 Å². The molecule has 0 amide bonds. The molecule has 0 fully saturated rings. The minimum atomic E-state index is -1.43. The molecule has 0 atom stereocenters. The largest absolute Gasteiger partial charge is 0.204 e. The molecule has 0 aliphatic carbocycles. The summed E-state index contributed by atoms with van der Waals surface area (Å²) in [6, 6.07) is 10.0. The Kier molecular flexibility index (Phi) is 3.42. The van der Waals surface area contributed by atoms with Gasteiger partial charge >= 0.3 is 0 Å². The molecular formula is C18H13F3. The molecule has 0 nitrogen and oxygen atoms in total. The fourth-order valence-electron chi connectivity index (χ4n) is 2.59. The van der Waals surface area contributed by atoms with Crippen LogP contribution >= 0.6 is 0 Å². The van der Waals surface area contributed by atoms with E-state index in [1.165, 1.54) is 6.07 Å². The van der Waals surface area contributed by atoms with Crippen molar-refractivity contribution >= 4 is 21.5 Å². The maximum Gasteiger partial charge on any atom is 0.195 e. The van der Waals surface area contributed by atoms with Gasteiger partial charge in [-0.15, -0.1) is 6.58 Å². The number of hydrogen-bond acceptors (Lipinski definition) is 0. The smallest absolute Gasteiger partial charge is 0.195 e. The van der Waals surface area contributed by atoms with Crippen LogP contribution in [-0.4, -0.2) is 0 Å². The molecule has 3 rings (SSSR count). The van der Waals surface area contributed by atoms with E-state index in [0.717, 1.165) is 29.9 Å². The van der Waals surface area contributed by atoms with Crippen molar-refractivity contribution in [2.45, 2.75) is 12.8 Å². The Balaban J connectivity index is 2.26. The minimum absolute atomic E-state index is 0.0974. The zero-order valence-corrected chi connectivity index (χ0v) is 11.3. The SMILES string of the molecule is C=CCCc1ccc2c(ccc3c(F)c(F)c(F)cc32)c1. The lowest BCUT2D eigenvalue weighted by atomic mass is 9.98. The summed E-state index contributed by atoms with van der Waals surface area (Å²) in [5, 5.41) is 2.08. The van der Waals surface area contributed by atoms with E-state index >= 15 is 0 Å². The van der Waals surface area contributed by atoms with Crippen LogP contribution in [0, 0.1) is 17.5 Å². The molecule has 0 radical (unpaired) electrons. The van der Waals surface area contributed by atoms with Gasteiger partial charge in [0.25, 0.3) is 0 Å². The molecule has 0 heterocycles. The second-order valence-corrected chi connectivity index (χ2v) is 5.03. The van der Waals surface area contributed by atoms with Crippen LogP contribution in [0.5, 0.6) is 0 Å². The van der Waals surface area contributed by atoms with Crippen LogP contribution in [0.1, 0.15) is 12.0 Å². The number of hydrogen-bond donors (Lipinski definition) is 0. The molecular weight excluding hydrogens is 273 g/mol. The molecule has 3 aromatic carbocycles. The Morgan fingerprint density at radius 3 is 2.38 bits per heavy atom. The van der Waals surface area contributed by atoms with Crippen molar-refractivity contribution < 1.29 is 13.2 Å². The number of aryl methyl sites for hydroxylation is 1. The highest BCUT2D eigenvalue weighted by molar-refractivity contribution is 6.07. The molecule has 0 aliphatic heterocycles. The van der Waals surface area contributed by atoms with Gasteiger partial charge in [0.05, 0.1) is 0 Å². The summed E-state index contributed by atoms with van der Waals surface area (Å²) in [7, 11) is 0. The number of benzene rings is 3. The molecule has 0 aromatic heterocycles. The summed E-state index contributed by atoms with van der Waals surface area (Å²) in [6.07, 6.45) is 3.58. The van der Waals surface area contributed by atoms with Gasteiger partial charge in [0.2, 0.25) is 0 Å². The van der Waals surface area contributed by atoms with Gasteiger partial charge in [-0.3, -0.25) is 0 Å². The quantitative estimate of drug-likeness (QED) is 0.337. The second-order valence-electron chi connectivity index (χ2n) is 5.03. The zero-order valence-electron chi connectivity index (χ0n) is 11.3. The Bertz CT molecular complexity index is 850. The van der Waals surface area contributed by atoms with Gasteiger partial charge in [-0.05, 0) is 40.6 Å². The van der Waals surface area contributed by atoms with Crippen LogP contribution in [-0.2, 0) is 6.42 Å². The van der Waals surface area contributed by atoms with Crippen molar-refractivity contribution in [3.8, 4) is 0 Å². The standard InChI is InChI=1S/C18H13F3/c1-2-3-4-11-5-7-13-12(9-11)6-8-14-15(13)10-16(19)18(21)17(14)20/h2,5-10H,1,3-4H2. The van der Waals surface area contributed by atoms with E-state index in [0.29, 0.717) is 10.8 Å². The van der Waals surface area contributed by atoms with Crippen LogP contribution < -0.4 is 0 Å².